The number of aliphatic hydroxyl groups excluding tert-OH is 1. The molecular formula is C57H87N7O15. The number of Topliss-reactive ketones (excluding diaryl/α,β-unsaturated/α-hetero) is 2. The number of fused-ring (bicyclic) bond motifs is 1. The molecule has 12 atom stereocenters. The Bertz CT molecular complexity index is 2380. The Morgan fingerprint density at radius 1 is 0.861 bits per heavy atom. The summed E-state index contributed by atoms with van der Waals surface area (Å²) in [4.78, 5) is 160. The second kappa shape index (κ2) is 29.1. The third kappa shape index (κ3) is 16.8. The second-order valence-corrected chi connectivity index (χ2v) is 22.8. The lowest BCUT2D eigenvalue weighted by molar-refractivity contribution is -0.163. The van der Waals surface area contributed by atoms with E-state index in [0.717, 1.165) is 6.92 Å². The van der Waals surface area contributed by atoms with Crippen LogP contribution in [0.25, 0.3) is 0 Å². The Labute approximate surface area is 465 Å². The molecule has 0 radical (unpaired) electrons. The number of ether oxygens (including phenoxy) is 3. The number of nitrogens with one attached hydrogen (secondary N) is 3. The van der Waals surface area contributed by atoms with E-state index in [1.165, 1.54) is 54.7 Å². The van der Waals surface area contributed by atoms with Crippen LogP contribution >= 0.6 is 0 Å². The zero-order valence-corrected chi connectivity index (χ0v) is 48.7. The predicted octanol–water partition coefficient (Wildman–Crippen LogP) is 2.52. The van der Waals surface area contributed by atoms with Crippen LogP contribution in [0.1, 0.15) is 133 Å². The number of nitrogens with zero attached hydrogens (tertiary/aromatic N) is 4. The highest BCUT2D eigenvalue weighted by Gasteiger charge is 2.46. The summed E-state index contributed by atoms with van der Waals surface area (Å²) in [7, 11) is 4.26. The predicted molar refractivity (Wildman–Crippen MR) is 289 cm³/mol. The van der Waals surface area contributed by atoms with E-state index in [1.807, 2.05) is 27.7 Å². The first kappa shape index (κ1) is 65.1. The Kier molecular flexibility index (Phi) is 24.0. The van der Waals surface area contributed by atoms with Crippen LogP contribution in [-0.4, -0.2) is 184 Å². The van der Waals surface area contributed by atoms with Gasteiger partial charge in [-0.05, 0) is 93.7 Å². The lowest BCUT2D eigenvalue weighted by Gasteiger charge is -2.36. The molecule has 1 aromatic carbocycles. The van der Waals surface area contributed by atoms with Crippen molar-refractivity contribution < 1.29 is 72.1 Å². The van der Waals surface area contributed by atoms with Crippen molar-refractivity contribution >= 4 is 64.9 Å². The van der Waals surface area contributed by atoms with Crippen LogP contribution in [0.4, 0.5) is 0 Å². The van der Waals surface area contributed by atoms with Crippen molar-refractivity contribution in [2.75, 3.05) is 34.3 Å². The van der Waals surface area contributed by atoms with Gasteiger partial charge in [0.2, 0.25) is 41.2 Å². The smallest absolute Gasteiger partial charge is 0.329 e. The van der Waals surface area contributed by atoms with Crippen LogP contribution < -0.4 is 20.7 Å². The number of cyclic esters (lactones) is 2. The molecular weight excluding hydrogens is 1020 g/mol. The van der Waals surface area contributed by atoms with E-state index in [-0.39, 0.29) is 57.0 Å². The third-order valence-electron chi connectivity index (χ3n) is 15.4. The van der Waals surface area contributed by atoms with Crippen LogP contribution in [0.2, 0.25) is 0 Å². The van der Waals surface area contributed by atoms with Gasteiger partial charge in [0, 0.05) is 40.5 Å². The fourth-order valence-electron chi connectivity index (χ4n) is 10.5. The normalized spacial score (nSPS) is 27.2. The number of carbonyl (C=O) groups excluding carboxylic acids is 11. The van der Waals surface area contributed by atoms with E-state index in [0.29, 0.717) is 30.6 Å². The van der Waals surface area contributed by atoms with Gasteiger partial charge in [0.15, 0.2) is 11.9 Å². The number of methoxy groups -OCH3 is 1. The topological polar surface area (TPSA) is 285 Å². The zero-order valence-electron chi connectivity index (χ0n) is 48.7. The van der Waals surface area contributed by atoms with Gasteiger partial charge in [-0.2, -0.15) is 0 Å². The molecule has 0 saturated carbocycles. The molecule has 0 bridgehead atoms. The van der Waals surface area contributed by atoms with E-state index in [4.69, 9.17) is 14.2 Å². The highest BCUT2D eigenvalue weighted by Crippen LogP contribution is 2.27. The maximum atomic E-state index is 15.0. The van der Waals surface area contributed by atoms with Gasteiger partial charge in [-0.1, -0.05) is 73.9 Å². The summed E-state index contributed by atoms with van der Waals surface area (Å²) in [5, 5.41) is 20.1. The maximum Gasteiger partial charge on any atom is 0.329 e. The molecule has 4 rings (SSSR count). The van der Waals surface area contributed by atoms with Crippen molar-refractivity contribution in [1.29, 1.82) is 0 Å². The summed E-state index contributed by atoms with van der Waals surface area (Å²) >= 11 is 0. The van der Waals surface area contributed by atoms with Crippen LogP contribution in [0, 0.1) is 29.6 Å². The summed E-state index contributed by atoms with van der Waals surface area (Å²) in [6, 6.07) is -2.32. The number of aliphatic hydroxyl groups is 1. The number of ketones is 2. The highest BCUT2D eigenvalue weighted by atomic mass is 16.6. The molecule has 3 fully saturated rings. The van der Waals surface area contributed by atoms with Crippen molar-refractivity contribution in [1.82, 2.24) is 35.6 Å². The molecule has 1 aromatic rings. The van der Waals surface area contributed by atoms with Crippen LogP contribution in [0.5, 0.6) is 5.75 Å². The van der Waals surface area contributed by atoms with Crippen LogP contribution in [0.15, 0.2) is 24.3 Å². The average molecular weight is 1110 g/mol. The quantitative estimate of drug-likeness (QED) is 0.112. The highest BCUT2D eigenvalue weighted by molar-refractivity contribution is 6.35. The molecule has 440 valence electrons. The molecule has 22 nitrogen and oxygen atoms in total. The monoisotopic (exact) mass is 1110 g/mol. The molecule has 79 heavy (non-hydrogen) atoms. The number of esters is 2. The Morgan fingerprint density at radius 3 is 2.06 bits per heavy atom. The Morgan fingerprint density at radius 2 is 1.49 bits per heavy atom. The van der Waals surface area contributed by atoms with Gasteiger partial charge < -0.3 is 54.9 Å². The minimum absolute atomic E-state index is 0.0545. The van der Waals surface area contributed by atoms with Crippen molar-refractivity contribution in [3.63, 3.8) is 0 Å². The molecule has 0 aliphatic carbocycles. The number of amides is 7. The number of carbonyl (C=O) groups is 11. The first-order valence-electron chi connectivity index (χ1n) is 27.9. The SMILES string of the molecule is CC[C@H](C)[C@H]1NC(=O)[C@H](NC(=O)[C@@H](CC(C)C)N(C)C(=O)[C@@H]2CCCN2C(=O)C(C)=O)[C@@H](C)OC(=O)[C@H](Cc2ccc(OC)cc2)N(C)C(=O)[C@@H]2CCCN2C(=O)[C@H](CC(C)C)NC(=O)[C@@H](C)C(=O)[C@H](C(C)C)OC(=O)C[C@@H]1O. The van der Waals surface area contributed by atoms with Gasteiger partial charge in [0.25, 0.3) is 5.91 Å². The van der Waals surface area contributed by atoms with Crippen LogP contribution in [-0.2, 0) is 68.6 Å². The second-order valence-electron chi connectivity index (χ2n) is 22.8. The number of benzene rings is 1. The molecule has 4 N–H and O–H groups in total. The van der Waals surface area contributed by atoms with Crippen LogP contribution in [0.3, 0.4) is 0 Å². The maximum absolute atomic E-state index is 15.0. The first-order chi connectivity index (χ1) is 37.0. The van der Waals surface area contributed by atoms with Crippen molar-refractivity contribution in [2.24, 2.45) is 29.6 Å². The zero-order chi connectivity index (χ0) is 59.3. The lowest BCUT2D eigenvalue weighted by atomic mass is 9.91. The number of hydrogen-bond acceptors (Lipinski definition) is 15. The van der Waals surface area contributed by atoms with Crippen molar-refractivity contribution in [3.05, 3.63) is 29.8 Å². The van der Waals surface area contributed by atoms with E-state index in [9.17, 15) is 57.8 Å². The molecule has 3 saturated heterocycles. The molecule has 0 unspecified atom stereocenters. The van der Waals surface area contributed by atoms with E-state index in [2.05, 4.69) is 16.0 Å². The van der Waals surface area contributed by atoms with Crippen molar-refractivity contribution in [3.8, 4) is 5.75 Å². The lowest BCUT2D eigenvalue weighted by Crippen LogP contribution is -2.62. The number of likely N-dealkylation sites (N-methyl/N-ethyl adjacent to an activating group) is 2. The minimum atomic E-state index is -1.78. The van der Waals surface area contributed by atoms with Gasteiger partial charge in [0.1, 0.15) is 48.1 Å². The molecule has 0 aromatic heterocycles. The third-order valence-corrected chi connectivity index (χ3v) is 15.4. The summed E-state index contributed by atoms with van der Waals surface area (Å²) in [6.07, 6.45) is -3.76. The van der Waals surface area contributed by atoms with E-state index < -0.39 is 150 Å². The van der Waals surface area contributed by atoms with E-state index in [1.54, 1.807) is 52.0 Å². The molecule has 7 amide bonds. The van der Waals surface area contributed by atoms with E-state index >= 15 is 0 Å². The average Bonchev–Trinajstić information content (AvgIpc) is 4.13. The molecule has 3 aliphatic rings. The van der Waals surface area contributed by atoms with Gasteiger partial charge in [0.05, 0.1) is 31.6 Å². The summed E-state index contributed by atoms with van der Waals surface area (Å²) in [5.74, 6) is -11.3. The largest absolute Gasteiger partial charge is 0.497 e. The minimum Gasteiger partial charge on any atom is -0.497 e. The first-order valence-corrected chi connectivity index (χ1v) is 27.9. The molecule has 0 spiro atoms. The Balaban J connectivity index is 1.89. The Hall–Kier alpha value is -6.45. The molecule has 3 aliphatic heterocycles. The number of hydrogen-bond donors (Lipinski definition) is 4. The molecule has 22 heteroatoms. The summed E-state index contributed by atoms with van der Waals surface area (Å²) in [6.45, 7) is 18.1. The summed E-state index contributed by atoms with van der Waals surface area (Å²) < 4.78 is 17.2. The van der Waals surface area contributed by atoms with Crippen molar-refractivity contribution in [2.45, 2.75) is 195 Å². The van der Waals surface area contributed by atoms with Gasteiger partial charge in [-0.25, -0.2) is 4.79 Å². The standard InChI is InChI=1S/C57H87N7O15/c1-15-33(8)46-44(66)29-45(67)79-49(32(6)7)48(68)34(9)50(69)58-39(26-30(2)3)54(73)64-25-17-19-41(64)56(75)62(13)43(28-37-20-22-38(77-14)23-21-37)57(76)78-36(11)47(52(71)59-46)60-51(70)42(27-31(4)5)61(12)55(74)40-18-16-24-63(40)53(72)35(10)65/h20-23,30-34,36,39-44,46-47,49,66H,15-19,24-29H2,1-14H3,(H,58,69)(H,59,71)(H,60,70)/t33-,34-,36+,39-,40-,41-,42+,43-,44-,46+,47+,49-/m0/s1. The van der Waals surface area contributed by atoms with Gasteiger partial charge in [-0.3, -0.25) is 47.9 Å². The number of likely N-dealkylation sites (tertiary alicyclic amines) is 1. The van der Waals surface area contributed by atoms with Gasteiger partial charge in [-0.15, -0.1) is 0 Å². The number of rotatable bonds is 15. The fourth-order valence-corrected chi connectivity index (χ4v) is 10.5. The fraction of sp³-hybridized carbons (Fsp3) is 0.702. The van der Waals surface area contributed by atoms with Gasteiger partial charge >= 0.3 is 11.9 Å². The molecule has 3 heterocycles. The summed E-state index contributed by atoms with van der Waals surface area (Å²) in [5.41, 5.74) is 0.566.